The number of aliphatic hydroxyl groups is 1. The molecule has 2 aliphatic rings. The summed E-state index contributed by atoms with van der Waals surface area (Å²) in [5.41, 5.74) is -0.243. The molecule has 1 saturated carbocycles. The molecule has 2 fully saturated rings. The van der Waals surface area contributed by atoms with E-state index in [0.717, 1.165) is 6.42 Å². The van der Waals surface area contributed by atoms with Gasteiger partial charge >= 0.3 is 0 Å². The first-order chi connectivity index (χ1) is 7.96. The number of amides is 1. The molecule has 1 heterocycles. The Bertz CT molecular complexity index is 325. The average molecular weight is 259 g/mol. The van der Waals surface area contributed by atoms with Crippen LogP contribution in [0.1, 0.15) is 27.2 Å². The maximum absolute atomic E-state index is 11.2. The summed E-state index contributed by atoms with van der Waals surface area (Å²) in [4.78, 5) is 11.2. The minimum absolute atomic E-state index is 0.0564. The van der Waals surface area contributed by atoms with Crippen molar-refractivity contribution in [2.24, 2.45) is 11.3 Å². The van der Waals surface area contributed by atoms with E-state index < -0.39 is 0 Å². The molecule has 6 atom stereocenters. The maximum Gasteiger partial charge on any atom is 0.217 e. The summed E-state index contributed by atoms with van der Waals surface area (Å²) >= 11 is 1.60. The lowest BCUT2D eigenvalue weighted by Crippen LogP contribution is -2.51. The van der Waals surface area contributed by atoms with E-state index in [1.165, 1.54) is 6.92 Å². The minimum Gasteiger partial charge on any atom is -0.392 e. The van der Waals surface area contributed by atoms with Gasteiger partial charge in [-0.1, -0.05) is 13.8 Å². The van der Waals surface area contributed by atoms with E-state index >= 15 is 0 Å². The van der Waals surface area contributed by atoms with Gasteiger partial charge in [-0.25, -0.2) is 0 Å². The zero-order valence-electron chi connectivity index (χ0n) is 10.8. The van der Waals surface area contributed by atoms with Gasteiger partial charge in [-0.2, -0.15) is 0 Å². The summed E-state index contributed by atoms with van der Waals surface area (Å²) < 4.78 is 6.01. The Labute approximate surface area is 106 Å². The van der Waals surface area contributed by atoms with Gasteiger partial charge in [0, 0.05) is 18.3 Å². The summed E-state index contributed by atoms with van der Waals surface area (Å²) in [5.74, 6) is 0.0663. The van der Waals surface area contributed by atoms with Gasteiger partial charge in [0.2, 0.25) is 5.91 Å². The molecule has 5 unspecified atom stereocenters. The number of thioether (sulfide) groups is 1. The zero-order valence-corrected chi connectivity index (χ0v) is 11.6. The van der Waals surface area contributed by atoms with Crippen LogP contribution in [0.4, 0.5) is 0 Å². The van der Waals surface area contributed by atoms with Crippen molar-refractivity contribution >= 4 is 17.7 Å². The fraction of sp³-hybridized carbons (Fsp3) is 0.917. The average Bonchev–Trinajstić information content (AvgIpc) is 2.82. The molecule has 0 aromatic heterocycles. The molecular formula is C12H21NO3S. The lowest BCUT2D eigenvalue weighted by atomic mass is 9.91. The lowest BCUT2D eigenvalue weighted by Gasteiger charge is -2.38. The van der Waals surface area contributed by atoms with E-state index in [2.05, 4.69) is 19.2 Å². The number of rotatable bonds is 3. The fourth-order valence-corrected chi connectivity index (χ4v) is 4.00. The highest BCUT2D eigenvalue weighted by molar-refractivity contribution is 7.99. The Morgan fingerprint density at radius 3 is 2.71 bits per heavy atom. The molecule has 0 bridgehead atoms. The molecule has 0 aromatic carbocycles. The molecule has 1 saturated heterocycles. The smallest absolute Gasteiger partial charge is 0.217 e. The lowest BCUT2D eigenvalue weighted by molar-refractivity contribution is -0.123. The van der Waals surface area contributed by atoms with Crippen LogP contribution >= 0.6 is 11.8 Å². The molecule has 2 N–H and O–H groups in total. The monoisotopic (exact) mass is 259 g/mol. The third-order valence-corrected chi connectivity index (χ3v) is 5.10. The number of carbonyl (C=O) groups is 1. The van der Waals surface area contributed by atoms with Gasteiger partial charge in [0.1, 0.15) is 5.44 Å². The van der Waals surface area contributed by atoms with Crippen LogP contribution in [0.25, 0.3) is 0 Å². The predicted octanol–water partition coefficient (Wildman–Crippen LogP) is 0.986. The van der Waals surface area contributed by atoms with Gasteiger partial charge in [0.15, 0.2) is 0 Å². The Kier molecular flexibility index (Phi) is 3.45. The molecule has 98 valence electrons. The van der Waals surface area contributed by atoms with E-state index in [1.54, 1.807) is 11.8 Å². The van der Waals surface area contributed by atoms with Gasteiger partial charge < -0.3 is 15.2 Å². The second-order valence-corrected chi connectivity index (χ2v) is 6.14. The first-order valence-corrected chi connectivity index (χ1v) is 7.39. The van der Waals surface area contributed by atoms with Gasteiger partial charge in [-0.05, 0) is 12.7 Å². The number of nitrogens with one attached hydrogen (secondary N) is 1. The Balaban J connectivity index is 2.20. The first-order valence-electron chi connectivity index (χ1n) is 6.10. The van der Waals surface area contributed by atoms with E-state index in [-0.39, 0.29) is 40.9 Å². The number of hydrogen-bond acceptors (Lipinski definition) is 4. The molecule has 0 spiro atoms. The molecular weight excluding hydrogens is 238 g/mol. The largest absolute Gasteiger partial charge is 0.392 e. The van der Waals surface area contributed by atoms with Gasteiger partial charge in [0.25, 0.3) is 0 Å². The Morgan fingerprint density at radius 2 is 2.24 bits per heavy atom. The normalized spacial score (nSPS) is 48.4. The Hall–Kier alpha value is -0.260. The summed E-state index contributed by atoms with van der Waals surface area (Å²) in [7, 11) is 0. The highest BCUT2D eigenvalue weighted by Crippen LogP contribution is 2.62. The first kappa shape index (κ1) is 13.2. The Morgan fingerprint density at radius 1 is 1.59 bits per heavy atom. The van der Waals surface area contributed by atoms with Crippen LogP contribution < -0.4 is 5.32 Å². The van der Waals surface area contributed by atoms with Crippen LogP contribution in [-0.4, -0.2) is 41.0 Å². The molecule has 1 aliphatic heterocycles. The molecule has 0 radical (unpaired) electrons. The van der Waals surface area contributed by atoms with Crippen molar-refractivity contribution in [1.82, 2.24) is 5.32 Å². The molecule has 1 aliphatic carbocycles. The predicted molar refractivity (Wildman–Crippen MR) is 67.7 cm³/mol. The van der Waals surface area contributed by atoms with Crippen molar-refractivity contribution in [3.8, 4) is 0 Å². The van der Waals surface area contributed by atoms with Crippen molar-refractivity contribution in [3.05, 3.63) is 0 Å². The van der Waals surface area contributed by atoms with Crippen LogP contribution in [0, 0.1) is 11.3 Å². The molecule has 4 nitrogen and oxygen atoms in total. The summed E-state index contributed by atoms with van der Waals surface area (Å²) in [6.07, 6.45) is 2.60. The van der Waals surface area contributed by atoms with Crippen LogP contribution in [0.5, 0.6) is 0 Å². The van der Waals surface area contributed by atoms with E-state index in [9.17, 15) is 9.90 Å². The number of hydrogen-bond donors (Lipinski definition) is 2. The standard InChI is InChI=1S/C12H21NO3S/c1-5-7-12(3)8(10(12)15)9(13-6(2)14)11(16-7)17-4/h7-11,15H,5H2,1-4H3,(H,13,14)/t7?,8?,9?,10?,11-,12?/m0/s1. The number of ether oxygens (including phenoxy) is 1. The van der Waals surface area contributed by atoms with Crippen molar-refractivity contribution in [3.63, 3.8) is 0 Å². The summed E-state index contributed by atoms with van der Waals surface area (Å²) in [6, 6.07) is -0.0784. The molecule has 1 amide bonds. The topological polar surface area (TPSA) is 58.6 Å². The number of carbonyl (C=O) groups excluding carboxylic acids is 1. The molecule has 0 aromatic rings. The number of fused-ring (bicyclic) bond motifs is 1. The third kappa shape index (κ3) is 1.88. The van der Waals surface area contributed by atoms with E-state index in [1.807, 2.05) is 6.26 Å². The number of aliphatic hydroxyl groups excluding tert-OH is 1. The van der Waals surface area contributed by atoms with E-state index in [4.69, 9.17) is 4.74 Å². The van der Waals surface area contributed by atoms with Gasteiger partial charge in [0.05, 0.1) is 18.2 Å². The third-order valence-electron chi connectivity index (χ3n) is 4.23. The highest BCUT2D eigenvalue weighted by Gasteiger charge is 2.71. The molecule has 5 heteroatoms. The summed E-state index contributed by atoms with van der Waals surface area (Å²) in [5, 5.41) is 13.1. The second kappa shape index (κ2) is 4.44. The van der Waals surface area contributed by atoms with Gasteiger partial charge in [-0.3, -0.25) is 4.79 Å². The van der Waals surface area contributed by atoms with E-state index in [0.29, 0.717) is 0 Å². The summed E-state index contributed by atoms with van der Waals surface area (Å²) in [6.45, 7) is 5.64. The van der Waals surface area contributed by atoms with Crippen molar-refractivity contribution in [1.29, 1.82) is 0 Å². The molecule has 2 rings (SSSR count). The fourth-order valence-electron chi connectivity index (χ4n) is 3.22. The highest BCUT2D eigenvalue weighted by atomic mass is 32.2. The molecule has 17 heavy (non-hydrogen) atoms. The SMILES string of the molecule is CCC1O[C@@H](SC)C(NC(C)=O)C2C(O)C12C. The van der Waals surface area contributed by atoms with Crippen molar-refractivity contribution < 1.29 is 14.6 Å². The van der Waals surface area contributed by atoms with Crippen molar-refractivity contribution in [2.45, 2.75) is 50.9 Å². The van der Waals surface area contributed by atoms with Crippen LogP contribution in [0.3, 0.4) is 0 Å². The van der Waals surface area contributed by atoms with Crippen LogP contribution in [-0.2, 0) is 9.53 Å². The van der Waals surface area contributed by atoms with Crippen LogP contribution in [0.2, 0.25) is 0 Å². The van der Waals surface area contributed by atoms with Crippen LogP contribution in [0.15, 0.2) is 0 Å². The second-order valence-electron chi connectivity index (χ2n) is 5.20. The minimum atomic E-state index is -0.360. The zero-order chi connectivity index (χ0) is 12.8. The van der Waals surface area contributed by atoms with Crippen molar-refractivity contribution in [2.75, 3.05) is 6.26 Å². The van der Waals surface area contributed by atoms with Gasteiger partial charge in [-0.15, -0.1) is 11.8 Å². The maximum atomic E-state index is 11.2. The quantitative estimate of drug-likeness (QED) is 0.793.